The molecule has 1 heterocycles. The van der Waals surface area contributed by atoms with Crippen molar-refractivity contribution in [2.45, 2.75) is 13.1 Å². The highest BCUT2D eigenvalue weighted by Crippen LogP contribution is 2.25. The molecule has 0 aliphatic carbocycles. The van der Waals surface area contributed by atoms with Crippen LogP contribution in [0, 0.1) is 0 Å². The Morgan fingerprint density at radius 2 is 1.95 bits per heavy atom. The van der Waals surface area contributed by atoms with Crippen LogP contribution in [0.3, 0.4) is 0 Å². The summed E-state index contributed by atoms with van der Waals surface area (Å²) in [4.78, 5) is 0. The Balaban J connectivity index is 1.69. The van der Waals surface area contributed by atoms with E-state index in [0.717, 1.165) is 22.3 Å². The van der Waals surface area contributed by atoms with Gasteiger partial charge in [0.2, 0.25) is 0 Å². The van der Waals surface area contributed by atoms with E-state index in [1.807, 2.05) is 30.3 Å². The van der Waals surface area contributed by atoms with Gasteiger partial charge in [0.1, 0.15) is 12.4 Å². The Morgan fingerprint density at radius 3 is 2.81 bits per heavy atom. The van der Waals surface area contributed by atoms with Crippen molar-refractivity contribution in [3.05, 3.63) is 64.8 Å². The van der Waals surface area contributed by atoms with Crippen molar-refractivity contribution in [1.29, 1.82) is 0 Å². The molecule has 0 saturated heterocycles. The molecule has 0 amide bonds. The van der Waals surface area contributed by atoms with Crippen LogP contribution in [-0.4, -0.2) is 11.2 Å². The van der Waals surface area contributed by atoms with E-state index in [2.05, 4.69) is 44.9 Å². The van der Waals surface area contributed by atoms with E-state index in [9.17, 15) is 0 Å². The third-order valence-corrected chi connectivity index (χ3v) is 4.11. The molecule has 0 aliphatic rings. The lowest BCUT2D eigenvalue weighted by atomic mass is 10.2. The highest BCUT2D eigenvalue weighted by Gasteiger charge is 2.05. The smallest absolute Gasteiger partial charge is 0.119 e. The first kappa shape index (κ1) is 14.2. The van der Waals surface area contributed by atoms with E-state index in [-0.39, 0.29) is 0 Å². The third-order valence-electron chi connectivity index (χ3n) is 3.48. The second-order valence-corrected chi connectivity index (χ2v) is 5.74. The van der Waals surface area contributed by atoms with Crippen molar-refractivity contribution in [2.24, 2.45) is 5.73 Å². The van der Waals surface area contributed by atoms with Gasteiger partial charge in [-0.05, 0) is 39.7 Å². The number of hydrogen-bond donors (Lipinski definition) is 1. The van der Waals surface area contributed by atoms with Crippen LogP contribution in [0.1, 0.15) is 5.56 Å². The quantitative estimate of drug-likeness (QED) is 0.761. The number of nitrogens with zero attached hydrogens (tertiary/aromatic N) is 1. The number of fused-ring (bicyclic) bond motifs is 1. The van der Waals surface area contributed by atoms with Crippen LogP contribution in [-0.2, 0) is 13.1 Å². The minimum atomic E-state index is 0.534. The average Bonchev–Trinajstić information content (AvgIpc) is 2.85. The maximum atomic E-state index is 5.82. The summed E-state index contributed by atoms with van der Waals surface area (Å²) in [5.41, 5.74) is 7.94. The molecule has 108 valence electrons. The topological polar surface area (TPSA) is 40.2 Å². The Hall–Kier alpha value is -1.78. The number of nitrogens with two attached hydrogens (primary N) is 1. The van der Waals surface area contributed by atoms with Crippen LogP contribution in [0.2, 0.25) is 0 Å². The van der Waals surface area contributed by atoms with Crippen LogP contribution in [0.4, 0.5) is 0 Å². The Morgan fingerprint density at radius 1 is 1.10 bits per heavy atom. The highest BCUT2D eigenvalue weighted by atomic mass is 79.9. The van der Waals surface area contributed by atoms with E-state index in [1.165, 1.54) is 10.9 Å². The zero-order chi connectivity index (χ0) is 14.7. The molecular weight excluding hydrogens is 328 g/mol. The van der Waals surface area contributed by atoms with E-state index < -0.39 is 0 Å². The fraction of sp³-hybridized carbons (Fsp3) is 0.176. The summed E-state index contributed by atoms with van der Waals surface area (Å²) in [5, 5.41) is 1.22. The summed E-state index contributed by atoms with van der Waals surface area (Å²) < 4.78 is 9.13. The molecule has 0 aliphatic heterocycles. The lowest BCUT2D eigenvalue weighted by molar-refractivity contribution is 0.300. The van der Waals surface area contributed by atoms with Crippen molar-refractivity contribution >= 4 is 26.8 Å². The molecule has 0 bridgehead atoms. The molecule has 0 atom stereocenters. The molecule has 2 N–H and O–H groups in total. The van der Waals surface area contributed by atoms with Crippen LogP contribution < -0.4 is 10.5 Å². The van der Waals surface area contributed by atoms with E-state index in [0.29, 0.717) is 13.2 Å². The van der Waals surface area contributed by atoms with E-state index in [1.54, 1.807) is 0 Å². The maximum Gasteiger partial charge on any atom is 0.119 e. The van der Waals surface area contributed by atoms with Crippen LogP contribution in [0.25, 0.3) is 10.9 Å². The summed E-state index contributed by atoms with van der Waals surface area (Å²) in [6.45, 7) is 1.96. The molecule has 0 spiro atoms. The number of rotatable bonds is 5. The van der Waals surface area contributed by atoms with Gasteiger partial charge in [-0.3, -0.25) is 0 Å². The first-order valence-corrected chi connectivity index (χ1v) is 7.72. The lowest BCUT2D eigenvalue weighted by Crippen LogP contribution is -2.07. The van der Waals surface area contributed by atoms with Gasteiger partial charge in [-0.25, -0.2) is 0 Å². The number of halogens is 1. The predicted octanol–water partition coefficient (Wildman–Crippen LogP) is 3.94. The van der Waals surface area contributed by atoms with Gasteiger partial charge in [-0.1, -0.05) is 30.3 Å². The minimum Gasteiger partial charge on any atom is -0.492 e. The zero-order valence-corrected chi connectivity index (χ0v) is 13.2. The average molecular weight is 345 g/mol. The highest BCUT2D eigenvalue weighted by molar-refractivity contribution is 9.10. The van der Waals surface area contributed by atoms with Gasteiger partial charge in [-0.15, -0.1) is 0 Å². The van der Waals surface area contributed by atoms with Gasteiger partial charge in [0.25, 0.3) is 0 Å². The molecular formula is C17H17BrN2O. The molecule has 0 saturated carbocycles. The predicted molar refractivity (Wildman–Crippen MR) is 89.5 cm³/mol. The molecule has 0 radical (unpaired) electrons. The standard InChI is InChI=1S/C17H17BrN2O/c18-16-12-20(17-7-2-1-6-15(16)17)8-9-21-14-5-3-4-13(10-14)11-19/h1-7,10,12H,8-9,11,19H2. The van der Waals surface area contributed by atoms with Gasteiger partial charge >= 0.3 is 0 Å². The molecule has 3 aromatic rings. The van der Waals surface area contributed by atoms with Crippen molar-refractivity contribution in [1.82, 2.24) is 4.57 Å². The van der Waals surface area contributed by atoms with E-state index in [4.69, 9.17) is 10.5 Å². The van der Waals surface area contributed by atoms with Crippen molar-refractivity contribution < 1.29 is 4.74 Å². The van der Waals surface area contributed by atoms with Crippen LogP contribution in [0.15, 0.2) is 59.2 Å². The number of ether oxygens (including phenoxy) is 1. The fourth-order valence-corrected chi connectivity index (χ4v) is 2.99. The van der Waals surface area contributed by atoms with Crippen molar-refractivity contribution in [2.75, 3.05) is 6.61 Å². The molecule has 0 fully saturated rings. The Kier molecular flexibility index (Phi) is 4.27. The molecule has 1 aromatic heterocycles. The Bertz CT molecular complexity index is 751. The number of hydrogen-bond acceptors (Lipinski definition) is 2. The summed E-state index contributed by atoms with van der Waals surface area (Å²) in [5.74, 6) is 0.869. The summed E-state index contributed by atoms with van der Waals surface area (Å²) in [7, 11) is 0. The SMILES string of the molecule is NCc1cccc(OCCn2cc(Br)c3ccccc32)c1. The zero-order valence-electron chi connectivity index (χ0n) is 11.6. The lowest BCUT2D eigenvalue weighted by Gasteiger charge is -2.09. The second-order valence-electron chi connectivity index (χ2n) is 4.89. The normalized spacial score (nSPS) is 11.0. The number of benzene rings is 2. The first-order chi connectivity index (χ1) is 10.3. The van der Waals surface area contributed by atoms with Crippen LogP contribution in [0.5, 0.6) is 5.75 Å². The second kappa shape index (κ2) is 6.33. The van der Waals surface area contributed by atoms with Crippen molar-refractivity contribution in [3.63, 3.8) is 0 Å². The largest absolute Gasteiger partial charge is 0.492 e. The molecule has 4 heteroatoms. The molecule has 21 heavy (non-hydrogen) atoms. The first-order valence-electron chi connectivity index (χ1n) is 6.93. The third kappa shape index (κ3) is 3.12. The Labute approximate surface area is 132 Å². The number of aromatic nitrogens is 1. The van der Waals surface area contributed by atoms with Gasteiger partial charge < -0.3 is 15.0 Å². The van der Waals surface area contributed by atoms with Gasteiger partial charge in [0.15, 0.2) is 0 Å². The molecule has 3 nitrogen and oxygen atoms in total. The molecule has 0 unspecified atom stereocenters. The monoisotopic (exact) mass is 344 g/mol. The molecule has 2 aromatic carbocycles. The maximum absolute atomic E-state index is 5.82. The summed E-state index contributed by atoms with van der Waals surface area (Å²) in [6, 6.07) is 16.3. The summed E-state index contributed by atoms with van der Waals surface area (Å²) >= 11 is 3.60. The fourth-order valence-electron chi connectivity index (χ4n) is 2.41. The van der Waals surface area contributed by atoms with Crippen LogP contribution >= 0.6 is 15.9 Å². The minimum absolute atomic E-state index is 0.534. The van der Waals surface area contributed by atoms with Crippen molar-refractivity contribution in [3.8, 4) is 5.75 Å². The van der Waals surface area contributed by atoms with E-state index >= 15 is 0 Å². The number of para-hydroxylation sites is 1. The summed E-state index contributed by atoms with van der Waals surface area (Å²) in [6.07, 6.45) is 2.10. The molecule has 3 rings (SSSR count). The van der Waals surface area contributed by atoms with Gasteiger partial charge in [-0.2, -0.15) is 0 Å². The van der Waals surface area contributed by atoms with Gasteiger partial charge in [0.05, 0.1) is 6.54 Å². The van der Waals surface area contributed by atoms with Gasteiger partial charge in [0, 0.05) is 28.1 Å².